The third kappa shape index (κ3) is 2.37. The van der Waals surface area contributed by atoms with Crippen LogP contribution in [0.1, 0.15) is 32.4 Å². The van der Waals surface area contributed by atoms with E-state index in [0.29, 0.717) is 5.75 Å². The number of phenolic OH excluding ortho intramolecular Hbond substituents is 1. The van der Waals surface area contributed by atoms with Gasteiger partial charge in [-0.15, -0.1) is 0 Å². The van der Waals surface area contributed by atoms with Crippen LogP contribution in [-0.2, 0) is 9.47 Å². The molecule has 0 aliphatic carbocycles. The summed E-state index contributed by atoms with van der Waals surface area (Å²) < 4.78 is 16.6. The van der Waals surface area contributed by atoms with E-state index in [1.165, 1.54) is 7.11 Å². The number of aromatic hydroxyl groups is 1. The first-order valence-electron chi connectivity index (χ1n) is 5.65. The maximum Gasteiger partial charge on any atom is 0.164 e. The Morgan fingerprint density at radius 2 is 2.00 bits per heavy atom. The topological polar surface area (TPSA) is 47.9 Å². The lowest BCUT2D eigenvalue weighted by atomic mass is 10.1. The zero-order valence-electron chi connectivity index (χ0n) is 10.6. The molecule has 17 heavy (non-hydrogen) atoms. The molecule has 4 heteroatoms. The Bertz CT molecular complexity index is 414. The normalized spacial score (nSPS) is 27.1. The number of rotatable bonds is 2. The molecule has 0 bridgehead atoms. The van der Waals surface area contributed by atoms with Gasteiger partial charge in [-0.25, -0.2) is 0 Å². The van der Waals surface area contributed by atoms with E-state index in [0.717, 1.165) is 5.56 Å². The molecule has 0 radical (unpaired) electrons. The fraction of sp³-hybridized carbons (Fsp3) is 0.538. The van der Waals surface area contributed by atoms with E-state index in [4.69, 9.17) is 14.2 Å². The number of hydrogen-bond acceptors (Lipinski definition) is 4. The quantitative estimate of drug-likeness (QED) is 0.860. The molecule has 1 heterocycles. The molecule has 1 N–H and O–H groups in total. The van der Waals surface area contributed by atoms with Crippen LogP contribution in [0.5, 0.6) is 11.5 Å². The molecule has 1 fully saturated rings. The predicted octanol–water partition coefficient (Wildman–Crippen LogP) is 2.61. The van der Waals surface area contributed by atoms with Crippen molar-refractivity contribution in [2.75, 3.05) is 7.11 Å². The van der Waals surface area contributed by atoms with Gasteiger partial charge < -0.3 is 19.3 Å². The summed E-state index contributed by atoms with van der Waals surface area (Å²) in [6.07, 6.45) is -0.168. The Morgan fingerprint density at radius 1 is 1.29 bits per heavy atom. The SMILES string of the molecule is COc1cc([C@H]2OC(C)(C)O[C@@H]2C)ccc1O. The summed E-state index contributed by atoms with van der Waals surface area (Å²) >= 11 is 0. The fourth-order valence-electron chi connectivity index (χ4n) is 2.15. The summed E-state index contributed by atoms with van der Waals surface area (Å²) in [5.74, 6) is -0.0000494. The summed E-state index contributed by atoms with van der Waals surface area (Å²) in [6, 6.07) is 5.21. The van der Waals surface area contributed by atoms with Gasteiger partial charge in [0.1, 0.15) is 6.10 Å². The van der Waals surface area contributed by atoms with Crippen molar-refractivity contribution in [2.45, 2.75) is 38.8 Å². The molecular weight excluding hydrogens is 220 g/mol. The first kappa shape index (κ1) is 12.2. The van der Waals surface area contributed by atoms with Crippen molar-refractivity contribution in [3.63, 3.8) is 0 Å². The van der Waals surface area contributed by atoms with Crippen molar-refractivity contribution in [3.05, 3.63) is 23.8 Å². The van der Waals surface area contributed by atoms with Crippen LogP contribution < -0.4 is 4.74 Å². The molecule has 1 aliphatic heterocycles. The largest absolute Gasteiger partial charge is 0.504 e. The summed E-state index contributed by atoms with van der Waals surface area (Å²) in [5.41, 5.74) is 0.942. The molecule has 94 valence electrons. The van der Waals surface area contributed by atoms with Crippen molar-refractivity contribution in [1.29, 1.82) is 0 Å². The average Bonchev–Trinajstić information content (AvgIpc) is 2.53. The molecule has 0 unspecified atom stereocenters. The molecule has 1 aliphatic rings. The van der Waals surface area contributed by atoms with Gasteiger partial charge in [-0.2, -0.15) is 0 Å². The molecular formula is C13H18O4. The van der Waals surface area contributed by atoms with E-state index >= 15 is 0 Å². The van der Waals surface area contributed by atoms with Gasteiger partial charge in [-0.1, -0.05) is 6.07 Å². The van der Waals surface area contributed by atoms with Crippen LogP contribution >= 0.6 is 0 Å². The van der Waals surface area contributed by atoms with Crippen LogP contribution in [0.4, 0.5) is 0 Å². The molecule has 4 nitrogen and oxygen atoms in total. The Morgan fingerprint density at radius 3 is 2.53 bits per heavy atom. The van der Waals surface area contributed by atoms with E-state index in [2.05, 4.69) is 0 Å². The van der Waals surface area contributed by atoms with Gasteiger partial charge in [0.25, 0.3) is 0 Å². The van der Waals surface area contributed by atoms with E-state index < -0.39 is 5.79 Å². The molecule has 1 aromatic rings. The van der Waals surface area contributed by atoms with E-state index in [9.17, 15) is 5.11 Å². The number of phenols is 1. The van der Waals surface area contributed by atoms with Crippen molar-refractivity contribution in [2.24, 2.45) is 0 Å². The van der Waals surface area contributed by atoms with Crippen LogP contribution in [0, 0.1) is 0 Å². The molecule has 0 amide bonds. The van der Waals surface area contributed by atoms with Gasteiger partial charge in [-0.3, -0.25) is 0 Å². The van der Waals surface area contributed by atoms with Crippen molar-refractivity contribution in [3.8, 4) is 11.5 Å². The van der Waals surface area contributed by atoms with Gasteiger partial charge >= 0.3 is 0 Å². The second-order valence-electron chi connectivity index (χ2n) is 4.69. The first-order chi connectivity index (χ1) is 7.93. The van der Waals surface area contributed by atoms with Gasteiger partial charge in [-0.05, 0) is 38.5 Å². The minimum absolute atomic E-state index is 0.0285. The molecule has 1 aromatic carbocycles. The smallest absolute Gasteiger partial charge is 0.164 e. The maximum atomic E-state index is 9.55. The van der Waals surface area contributed by atoms with E-state index in [-0.39, 0.29) is 18.0 Å². The minimum Gasteiger partial charge on any atom is -0.504 e. The third-order valence-corrected chi connectivity index (χ3v) is 2.84. The van der Waals surface area contributed by atoms with E-state index in [1.807, 2.05) is 26.8 Å². The standard InChI is InChI=1S/C13H18O4/c1-8-12(17-13(2,3)16-8)9-5-6-10(14)11(7-9)15-4/h5-8,12,14H,1-4H3/t8-,12+/m1/s1. The summed E-state index contributed by atoms with van der Waals surface area (Å²) in [4.78, 5) is 0. The maximum absolute atomic E-state index is 9.55. The zero-order valence-corrected chi connectivity index (χ0v) is 10.6. The fourth-order valence-corrected chi connectivity index (χ4v) is 2.15. The highest BCUT2D eigenvalue weighted by atomic mass is 16.7. The van der Waals surface area contributed by atoms with Crippen LogP contribution in [0.15, 0.2) is 18.2 Å². The molecule has 2 atom stereocenters. The van der Waals surface area contributed by atoms with Crippen LogP contribution in [-0.4, -0.2) is 24.1 Å². The van der Waals surface area contributed by atoms with Crippen LogP contribution in [0.25, 0.3) is 0 Å². The highest BCUT2D eigenvalue weighted by Crippen LogP contribution is 2.40. The average molecular weight is 238 g/mol. The molecule has 0 spiro atoms. The van der Waals surface area contributed by atoms with Gasteiger partial charge in [0.05, 0.1) is 13.2 Å². The zero-order chi connectivity index (χ0) is 12.6. The van der Waals surface area contributed by atoms with Gasteiger partial charge in [0.2, 0.25) is 0 Å². The van der Waals surface area contributed by atoms with Gasteiger partial charge in [0.15, 0.2) is 17.3 Å². The summed E-state index contributed by atoms with van der Waals surface area (Å²) in [6.45, 7) is 5.75. The van der Waals surface area contributed by atoms with Crippen LogP contribution in [0.2, 0.25) is 0 Å². The second-order valence-corrected chi connectivity index (χ2v) is 4.69. The number of methoxy groups -OCH3 is 1. The second kappa shape index (κ2) is 4.20. The lowest BCUT2D eigenvalue weighted by Gasteiger charge is -2.17. The highest BCUT2D eigenvalue weighted by molar-refractivity contribution is 5.42. The lowest BCUT2D eigenvalue weighted by molar-refractivity contribution is -0.145. The first-order valence-corrected chi connectivity index (χ1v) is 5.65. The molecule has 0 saturated carbocycles. The molecule has 0 aromatic heterocycles. The Kier molecular flexibility index (Phi) is 3.02. The third-order valence-electron chi connectivity index (χ3n) is 2.84. The number of benzene rings is 1. The van der Waals surface area contributed by atoms with Crippen molar-refractivity contribution in [1.82, 2.24) is 0 Å². The van der Waals surface area contributed by atoms with Gasteiger partial charge in [0, 0.05) is 0 Å². The minimum atomic E-state index is -0.574. The summed E-state index contributed by atoms with van der Waals surface area (Å²) in [7, 11) is 1.53. The lowest BCUT2D eigenvalue weighted by Crippen LogP contribution is -2.20. The molecule has 1 saturated heterocycles. The number of ether oxygens (including phenoxy) is 3. The highest BCUT2D eigenvalue weighted by Gasteiger charge is 2.39. The van der Waals surface area contributed by atoms with Crippen LogP contribution in [0.3, 0.4) is 0 Å². The monoisotopic (exact) mass is 238 g/mol. The Balaban J connectivity index is 2.29. The van der Waals surface area contributed by atoms with Crippen molar-refractivity contribution < 1.29 is 19.3 Å². The number of hydrogen-bond donors (Lipinski definition) is 1. The Hall–Kier alpha value is -1.26. The summed E-state index contributed by atoms with van der Waals surface area (Å²) in [5, 5.41) is 9.55. The van der Waals surface area contributed by atoms with E-state index in [1.54, 1.807) is 12.1 Å². The Labute approximate surface area is 101 Å². The molecule has 2 rings (SSSR count). The predicted molar refractivity (Wildman–Crippen MR) is 63.1 cm³/mol. The van der Waals surface area contributed by atoms with Crippen molar-refractivity contribution >= 4 is 0 Å².